The Bertz CT molecular complexity index is 273. The molecule has 0 aliphatic heterocycles. The molecule has 0 heterocycles. The molecule has 0 aromatic carbocycles. The molecule has 0 unspecified atom stereocenters. The predicted octanol–water partition coefficient (Wildman–Crippen LogP) is 1.32. The summed E-state index contributed by atoms with van der Waals surface area (Å²) in [6.07, 6.45) is 6.42. The molecule has 0 aromatic heterocycles. The molecule has 1 fully saturated rings. The molecule has 1 saturated carbocycles. The summed E-state index contributed by atoms with van der Waals surface area (Å²) in [6, 6.07) is 0.199. The lowest BCUT2D eigenvalue weighted by Gasteiger charge is -2.28. The second-order valence-electron chi connectivity index (χ2n) is 4.05. The number of rotatable bonds is 3. The van der Waals surface area contributed by atoms with Gasteiger partial charge in [-0.25, -0.2) is 4.79 Å². The third-order valence-electron chi connectivity index (χ3n) is 2.82. The van der Waals surface area contributed by atoms with Gasteiger partial charge in [0.2, 0.25) is 5.91 Å². The topological polar surface area (TPSA) is 66.4 Å². The van der Waals surface area contributed by atoms with Gasteiger partial charge in [0.15, 0.2) is 0 Å². The molecular formula is C11H17NO3. The van der Waals surface area contributed by atoms with E-state index < -0.39 is 5.97 Å². The van der Waals surface area contributed by atoms with E-state index >= 15 is 0 Å². The Kier molecular flexibility index (Phi) is 4.34. The Balaban J connectivity index is 2.39. The smallest absolute Gasteiger partial charge is 0.328 e. The molecule has 84 valence electrons. The van der Waals surface area contributed by atoms with Crippen LogP contribution in [0.5, 0.6) is 0 Å². The zero-order valence-corrected chi connectivity index (χ0v) is 8.90. The van der Waals surface area contributed by atoms with Gasteiger partial charge in [0, 0.05) is 18.2 Å². The van der Waals surface area contributed by atoms with E-state index in [1.54, 1.807) is 0 Å². The molecule has 2 N–H and O–H groups in total. The average molecular weight is 211 g/mol. The van der Waals surface area contributed by atoms with E-state index in [9.17, 15) is 9.59 Å². The largest absolute Gasteiger partial charge is 0.478 e. The van der Waals surface area contributed by atoms with Gasteiger partial charge in [-0.05, 0) is 18.8 Å². The minimum atomic E-state index is -1.10. The molecule has 0 saturated heterocycles. The van der Waals surface area contributed by atoms with Crippen LogP contribution in [0.2, 0.25) is 0 Å². The van der Waals surface area contributed by atoms with Crippen molar-refractivity contribution in [3.8, 4) is 0 Å². The molecule has 15 heavy (non-hydrogen) atoms. The number of hydrogen-bond donors (Lipinski definition) is 2. The van der Waals surface area contributed by atoms with Crippen LogP contribution in [0.4, 0.5) is 0 Å². The second kappa shape index (κ2) is 5.53. The first-order valence-corrected chi connectivity index (χ1v) is 5.31. The molecule has 0 aromatic rings. The van der Waals surface area contributed by atoms with Crippen molar-refractivity contribution in [1.29, 1.82) is 0 Å². The third kappa shape index (κ3) is 4.14. The summed E-state index contributed by atoms with van der Waals surface area (Å²) < 4.78 is 0. The number of carbonyl (C=O) groups excluding carboxylic acids is 1. The van der Waals surface area contributed by atoms with Crippen molar-refractivity contribution < 1.29 is 14.7 Å². The maximum Gasteiger partial charge on any atom is 0.328 e. The summed E-state index contributed by atoms with van der Waals surface area (Å²) in [6.45, 7) is 2.12. The highest BCUT2D eigenvalue weighted by atomic mass is 16.4. The minimum Gasteiger partial charge on any atom is -0.478 e. The van der Waals surface area contributed by atoms with Crippen LogP contribution >= 0.6 is 0 Å². The lowest BCUT2D eigenvalue weighted by molar-refractivity contribution is -0.131. The van der Waals surface area contributed by atoms with Crippen LogP contribution in [-0.2, 0) is 9.59 Å². The maximum atomic E-state index is 11.3. The Morgan fingerprint density at radius 2 is 1.93 bits per heavy atom. The summed E-state index contributed by atoms with van der Waals surface area (Å²) in [4.78, 5) is 21.5. The zero-order valence-electron chi connectivity index (χ0n) is 8.90. The van der Waals surface area contributed by atoms with Crippen LogP contribution in [0.25, 0.3) is 0 Å². The third-order valence-corrected chi connectivity index (χ3v) is 2.82. The summed E-state index contributed by atoms with van der Waals surface area (Å²) in [5, 5.41) is 11.2. The van der Waals surface area contributed by atoms with E-state index in [0.717, 1.165) is 31.4 Å². The Labute approximate surface area is 89.4 Å². The number of nitrogens with one attached hydrogen (secondary N) is 1. The van der Waals surface area contributed by atoms with E-state index in [-0.39, 0.29) is 11.9 Å². The van der Waals surface area contributed by atoms with E-state index in [1.807, 2.05) is 0 Å². The number of carboxylic acid groups (broad SMARTS) is 1. The molecule has 0 spiro atoms. The van der Waals surface area contributed by atoms with Crippen LogP contribution < -0.4 is 5.32 Å². The molecule has 0 radical (unpaired) electrons. The van der Waals surface area contributed by atoms with E-state index in [4.69, 9.17) is 5.11 Å². The standard InChI is InChI=1S/C11H17NO3/c1-8-4-2-3-5-9(8)12-10(13)6-7-11(14)15/h6-9H,2-5H2,1H3,(H,12,13)(H,14,15)/b7-6+/t8-,9-/m0/s1. The van der Waals surface area contributed by atoms with Crippen LogP contribution in [0, 0.1) is 5.92 Å². The highest BCUT2D eigenvalue weighted by Crippen LogP contribution is 2.23. The van der Waals surface area contributed by atoms with E-state index in [1.165, 1.54) is 6.42 Å². The van der Waals surface area contributed by atoms with Gasteiger partial charge in [0.05, 0.1) is 0 Å². The highest BCUT2D eigenvalue weighted by Gasteiger charge is 2.21. The van der Waals surface area contributed by atoms with Crippen LogP contribution in [0.3, 0.4) is 0 Å². The first kappa shape index (κ1) is 11.8. The highest BCUT2D eigenvalue weighted by molar-refractivity contribution is 5.93. The van der Waals surface area contributed by atoms with Crippen molar-refractivity contribution in [2.24, 2.45) is 5.92 Å². The number of amides is 1. The lowest BCUT2D eigenvalue weighted by atomic mass is 9.86. The molecule has 1 aliphatic carbocycles. The fourth-order valence-corrected chi connectivity index (χ4v) is 1.91. The fourth-order valence-electron chi connectivity index (χ4n) is 1.91. The summed E-state index contributed by atoms with van der Waals surface area (Å²) in [7, 11) is 0. The minimum absolute atomic E-state index is 0.199. The SMILES string of the molecule is C[C@H]1CCCC[C@@H]1NC(=O)/C=C/C(=O)O. The Hall–Kier alpha value is -1.32. The molecule has 4 nitrogen and oxygen atoms in total. The normalized spacial score (nSPS) is 26.5. The monoisotopic (exact) mass is 211 g/mol. The fraction of sp³-hybridized carbons (Fsp3) is 0.636. The first-order chi connectivity index (χ1) is 7.09. The summed E-state index contributed by atoms with van der Waals surface area (Å²) in [5.74, 6) is -0.918. The van der Waals surface area contributed by atoms with Crippen molar-refractivity contribution in [3.63, 3.8) is 0 Å². The molecule has 1 rings (SSSR count). The van der Waals surface area contributed by atoms with Gasteiger partial charge in [0.25, 0.3) is 0 Å². The van der Waals surface area contributed by atoms with Crippen molar-refractivity contribution in [3.05, 3.63) is 12.2 Å². The van der Waals surface area contributed by atoms with E-state index in [0.29, 0.717) is 5.92 Å². The van der Waals surface area contributed by atoms with Crippen molar-refractivity contribution in [1.82, 2.24) is 5.32 Å². The molecule has 4 heteroatoms. The molecule has 0 bridgehead atoms. The maximum absolute atomic E-state index is 11.3. The van der Waals surface area contributed by atoms with Gasteiger partial charge in [-0.2, -0.15) is 0 Å². The number of aliphatic carboxylic acids is 1. The zero-order chi connectivity index (χ0) is 11.3. The summed E-state index contributed by atoms with van der Waals surface area (Å²) in [5.41, 5.74) is 0. The van der Waals surface area contributed by atoms with Crippen LogP contribution in [-0.4, -0.2) is 23.0 Å². The Morgan fingerprint density at radius 1 is 1.27 bits per heavy atom. The summed E-state index contributed by atoms with van der Waals surface area (Å²) >= 11 is 0. The van der Waals surface area contributed by atoms with Crippen molar-refractivity contribution in [2.45, 2.75) is 38.6 Å². The quantitative estimate of drug-likeness (QED) is 0.692. The molecule has 1 amide bonds. The second-order valence-corrected chi connectivity index (χ2v) is 4.05. The van der Waals surface area contributed by atoms with Gasteiger partial charge < -0.3 is 10.4 Å². The number of carbonyl (C=O) groups is 2. The Morgan fingerprint density at radius 3 is 2.53 bits per heavy atom. The van der Waals surface area contributed by atoms with Gasteiger partial charge in [0.1, 0.15) is 0 Å². The van der Waals surface area contributed by atoms with Crippen molar-refractivity contribution in [2.75, 3.05) is 0 Å². The van der Waals surface area contributed by atoms with Crippen LogP contribution in [0.15, 0.2) is 12.2 Å². The molecule has 1 aliphatic rings. The molecular weight excluding hydrogens is 194 g/mol. The number of carboxylic acids is 1. The predicted molar refractivity (Wildman–Crippen MR) is 56.3 cm³/mol. The van der Waals surface area contributed by atoms with Crippen LogP contribution in [0.1, 0.15) is 32.6 Å². The van der Waals surface area contributed by atoms with Gasteiger partial charge in [-0.1, -0.05) is 19.8 Å². The van der Waals surface area contributed by atoms with Gasteiger partial charge in [-0.15, -0.1) is 0 Å². The first-order valence-electron chi connectivity index (χ1n) is 5.31. The van der Waals surface area contributed by atoms with Gasteiger partial charge in [-0.3, -0.25) is 4.79 Å². The van der Waals surface area contributed by atoms with Gasteiger partial charge >= 0.3 is 5.97 Å². The number of hydrogen-bond acceptors (Lipinski definition) is 2. The lowest BCUT2D eigenvalue weighted by Crippen LogP contribution is -2.40. The average Bonchev–Trinajstić information content (AvgIpc) is 2.18. The van der Waals surface area contributed by atoms with E-state index in [2.05, 4.69) is 12.2 Å². The van der Waals surface area contributed by atoms with Crippen molar-refractivity contribution >= 4 is 11.9 Å². The molecule has 2 atom stereocenters.